The Labute approximate surface area is 113 Å². The number of ketones is 2. The van der Waals surface area contributed by atoms with Crippen molar-refractivity contribution in [1.29, 1.82) is 0 Å². The molecule has 18 heavy (non-hydrogen) atoms. The SMILES string of the molecule is CC1NC2C(=O)C(NCCN(C)C)=CC(=O)C2S1.[HH]. The van der Waals surface area contributed by atoms with E-state index in [2.05, 4.69) is 10.6 Å². The molecule has 0 radical (unpaired) electrons. The van der Waals surface area contributed by atoms with E-state index in [4.69, 9.17) is 0 Å². The molecule has 1 heterocycles. The van der Waals surface area contributed by atoms with Gasteiger partial charge in [-0.2, -0.15) is 0 Å². The highest BCUT2D eigenvalue weighted by atomic mass is 32.2. The third-order valence-electron chi connectivity index (χ3n) is 3.06. The minimum Gasteiger partial charge on any atom is -0.381 e. The fourth-order valence-corrected chi connectivity index (χ4v) is 3.36. The molecule has 6 heteroatoms. The van der Waals surface area contributed by atoms with Crippen LogP contribution in [-0.4, -0.2) is 60.3 Å². The molecule has 0 saturated carbocycles. The second-order valence-electron chi connectivity index (χ2n) is 4.90. The van der Waals surface area contributed by atoms with E-state index in [0.717, 1.165) is 6.54 Å². The summed E-state index contributed by atoms with van der Waals surface area (Å²) >= 11 is 1.53. The van der Waals surface area contributed by atoms with Crippen molar-refractivity contribution in [1.82, 2.24) is 15.5 Å². The zero-order chi connectivity index (χ0) is 13.3. The highest BCUT2D eigenvalue weighted by Crippen LogP contribution is 2.32. The number of carbonyl (C=O) groups excluding carboxylic acids is 2. The fraction of sp³-hybridized carbons (Fsp3) is 0.667. The van der Waals surface area contributed by atoms with E-state index in [1.54, 1.807) is 0 Å². The van der Waals surface area contributed by atoms with Gasteiger partial charge in [0, 0.05) is 20.6 Å². The van der Waals surface area contributed by atoms with Crippen LogP contribution in [0.4, 0.5) is 0 Å². The summed E-state index contributed by atoms with van der Waals surface area (Å²) in [4.78, 5) is 26.2. The quantitative estimate of drug-likeness (QED) is 0.741. The van der Waals surface area contributed by atoms with Crippen LogP contribution in [0.5, 0.6) is 0 Å². The molecule has 0 aromatic heterocycles. The third kappa shape index (κ3) is 2.76. The summed E-state index contributed by atoms with van der Waals surface area (Å²) in [6.07, 6.45) is 1.46. The first-order valence-electron chi connectivity index (χ1n) is 6.09. The van der Waals surface area contributed by atoms with E-state index >= 15 is 0 Å². The summed E-state index contributed by atoms with van der Waals surface area (Å²) in [6, 6.07) is -0.357. The van der Waals surface area contributed by atoms with Crippen LogP contribution in [0.3, 0.4) is 0 Å². The smallest absolute Gasteiger partial charge is 0.197 e. The van der Waals surface area contributed by atoms with Crippen molar-refractivity contribution in [2.45, 2.75) is 23.6 Å². The minimum absolute atomic E-state index is 0. The number of carbonyl (C=O) groups is 2. The van der Waals surface area contributed by atoms with E-state index < -0.39 is 0 Å². The molecule has 0 aromatic carbocycles. The van der Waals surface area contributed by atoms with Gasteiger partial charge in [0.1, 0.15) is 0 Å². The summed E-state index contributed by atoms with van der Waals surface area (Å²) in [6.45, 7) is 3.46. The van der Waals surface area contributed by atoms with E-state index in [1.165, 1.54) is 17.8 Å². The van der Waals surface area contributed by atoms with Crippen LogP contribution in [0.2, 0.25) is 0 Å². The normalized spacial score (nSPS) is 31.6. The van der Waals surface area contributed by atoms with Crippen LogP contribution in [-0.2, 0) is 9.59 Å². The lowest BCUT2D eigenvalue weighted by atomic mass is 9.96. The average molecular weight is 271 g/mol. The summed E-state index contributed by atoms with van der Waals surface area (Å²) in [5.74, 6) is 0.0454. The van der Waals surface area contributed by atoms with Gasteiger partial charge in [-0.25, -0.2) is 0 Å². The van der Waals surface area contributed by atoms with Crippen molar-refractivity contribution >= 4 is 23.3 Å². The fourth-order valence-electron chi connectivity index (χ4n) is 2.14. The molecular formula is C12H21N3O2S. The third-order valence-corrected chi connectivity index (χ3v) is 4.40. The number of hydrogen-bond acceptors (Lipinski definition) is 6. The predicted octanol–water partition coefficient (Wildman–Crippen LogP) is -0.161. The van der Waals surface area contributed by atoms with Gasteiger partial charge in [0.2, 0.25) is 0 Å². The van der Waals surface area contributed by atoms with Crippen LogP contribution in [0.15, 0.2) is 11.8 Å². The molecule has 0 spiro atoms. The molecule has 0 amide bonds. The summed E-state index contributed by atoms with van der Waals surface area (Å²) in [7, 11) is 3.94. The number of hydrogen-bond donors (Lipinski definition) is 2. The molecule has 102 valence electrons. The van der Waals surface area contributed by atoms with E-state index in [0.29, 0.717) is 12.2 Å². The largest absolute Gasteiger partial charge is 0.381 e. The molecule has 1 fully saturated rings. The summed E-state index contributed by atoms with van der Waals surface area (Å²) < 4.78 is 0. The number of rotatable bonds is 4. The molecule has 0 aromatic rings. The van der Waals surface area contributed by atoms with E-state index in [-0.39, 0.29) is 29.7 Å². The van der Waals surface area contributed by atoms with Crippen LogP contribution in [0.1, 0.15) is 8.35 Å². The molecule has 3 atom stereocenters. The van der Waals surface area contributed by atoms with Gasteiger partial charge < -0.3 is 10.2 Å². The minimum atomic E-state index is -0.357. The first kappa shape index (κ1) is 13.6. The number of nitrogens with one attached hydrogen (secondary N) is 2. The topological polar surface area (TPSA) is 61.4 Å². The maximum Gasteiger partial charge on any atom is 0.197 e. The average Bonchev–Trinajstić information content (AvgIpc) is 2.67. The lowest BCUT2D eigenvalue weighted by molar-refractivity contribution is -0.123. The van der Waals surface area contributed by atoms with Crippen molar-refractivity contribution in [2.75, 3.05) is 27.2 Å². The van der Waals surface area contributed by atoms with Gasteiger partial charge in [-0.1, -0.05) is 0 Å². The highest BCUT2D eigenvalue weighted by molar-refractivity contribution is 8.01. The predicted molar refractivity (Wildman–Crippen MR) is 74.5 cm³/mol. The van der Waals surface area contributed by atoms with Gasteiger partial charge in [-0.05, 0) is 21.0 Å². The number of thioether (sulfide) groups is 1. The van der Waals surface area contributed by atoms with Gasteiger partial charge >= 0.3 is 0 Å². The number of Topliss-reactive ketones (excluding diaryl/α,β-unsaturated/α-hetero) is 1. The van der Waals surface area contributed by atoms with Crippen molar-refractivity contribution in [2.24, 2.45) is 0 Å². The summed E-state index contributed by atoms with van der Waals surface area (Å²) in [5.41, 5.74) is 0.449. The standard InChI is InChI=1S/C12H19N3O2S.H2/c1-7-14-10-11(17)8(13-4-5-15(2)3)6-9(16)12(10)18-7;/h6-7,10,12-14H,4-5H2,1-3H3;1H. The van der Waals surface area contributed by atoms with Crippen molar-refractivity contribution in [3.63, 3.8) is 0 Å². The maximum absolute atomic E-state index is 12.2. The number of likely N-dealkylation sites (N-methyl/N-ethyl adjacent to an activating group) is 1. The van der Waals surface area contributed by atoms with Gasteiger partial charge in [-0.15, -0.1) is 11.8 Å². The Bertz CT molecular complexity index is 400. The van der Waals surface area contributed by atoms with Crippen LogP contribution in [0.25, 0.3) is 0 Å². The molecule has 3 unspecified atom stereocenters. The van der Waals surface area contributed by atoms with Gasteiger partial charge in [0.25, 0.3) is 0 Å². The molecule has 1 aliphatic heterocycles. The Morgan fingerprint density at radius 1 is 1.50 bits per heavy atom. The van der Waals surface area contributed by atoms with Crippen molar-refractivity contribution in [3.05, 3.63) is 11.8 Å². The monoisotopic (exact) mass is 271 g/mol. The molecule has 2 rings (SSSR count). The molecule has 1 aliphatic carbocycles. The second kappa shape index (κ2) is 5.42. The maximum atomic E-state index is 12.2. The first-order valence-corrected chi connectivity index (χ1v) is 7.03. The highest BCUT2D eigenvalue weighted by Gasteiger charge is 2.44. The molecule has 5 nitrogen and oxygen atoms in total. The molecular weight excluding hydrogens is 250 g/mol. The number of nitrogens with zero attached hydrogens (tertiary/aromatic N) is 1. The Morgan fingerprint density at radius 2 is 2.22 bits per heavy atom. The zero-order valence-electron chi connectivity index (χ0n) is 10.9. The molecule has 2 aliphatic rings. The zero-order valence-corrected chi connectivity index (χ0v) is 11.7. The first-order chi connectivity index (χ1) is 8.49. The number of fused-ring (bicyclic) bond motifs is 1. The van der Waals surface area contributed by atoms with Crippen LogP contribution in [0, 0.1) is 0 Å². The lowest BCUT2D eigenvalue weighted by Gasteiger charge is -2.23. The van der Waals surface area contributed by atoms with Gasteiger partial charge in [0.05, 0.1) is 22.4 Å². The Morgan fingerprint density at radius 3 is 2.89 bits per heavy atom. The van der Waals surface area contributed by atoms with E-state index in [9.17, 15) is 9.59 Å². The summed E-state index contributed by atoms with van der Waals surface area (Å²) in [5, 5.41) is 6.14. The van der Waals surface area contributed by atoms with Crippen LogP contribution < -0.4 is 10.6 Å². The van der Waals surface area contributed by atoms with Gasteiger partial charge in [0.15, 0.2) is 11.6 Å². The Balaban J connectivity index is 0.00000180. The van der Waals surface area contributed by atoms with Crippen molar-refractivity contribution in [3.8, 4) is 0 Å². The van der Waals surface area contributed by atoms with E-state index in [1.807, 2.05) is 25.9 Å². The van der Waals surface area contributed by atoms with Crippen LogP contribution >= 0.6 is 11.8 Å². The Kier molecular flexibility index (Phi) is 4.09. The molecule has 0 bridgehead atoms. The molecule has 2 N–H and O–H groups in total. The van der Waals surface area contributed by atoms with Crippen molar-refractivity contribution < 1.29 is 11.0 Å². The Hall–Kier alpha value is -0.850. The molecule has 1 saturated heterocycles. The second-order valence-corrected chi connectivity index (χ2v) is 6.39. The van der Waals surface area contributed by atoms with Gasteiger partial charge in [-0.3, -0.25) is 14.9 Å². The number of allylic oxidation sites excluding steroid dienone is 1. The lowest BCUT2D eigenvalue weighted by Crippen LogP contribution is -2.49.